The minimum absolute atomic E-state index is 0.298. The molecular formula is C10H8BrIO. The van der Waals surface area contributed by atoms with E-state index in [0.29, 0.717) is 12.2 Å². The van der Waals surface area contributed by atoms with Crippen LogP contribution in [-0.4, -0.2) is 5.78 Å². The predicted octanol–water partition coefficient (Wildman–Crippen LogP) is 3.57. The molecule has 0 fully saturated rings. The number of hydrogen-bond donors (Lipinski definition) is 0. The number of halogens is 2. The van der Waals surface area contributed by atoms with Gasteiger partial charge in [0.15, 0.2) is 5.78 Å². The summed E-state index contributed by atoms with van der Waals surface area (Å²) >= 11 is 5.72. The number of hydrogen-bond acceptors (Lipinski definition) is 1. The Labute approximate surface area is 99.2 Å². The van der Waals surface area contributed by atoms with Gasteiger partial charge in [0.1, 0.15) is 0 Å². The Kier molecular flexibility index (Phi) is 2.74. The predicted molar refractivity (Wildman–Crippen MR) is 64.1 cm³/mol. The second kappa shape index (κ2) is 3.69. The Morgan fingerprint density at radius 1 is 1.31 bits per heavy atom. The van der Waals surface area contributed by atoms with Gasteiger partial charge in [-0.3, -0.25) is 4.79 Å². The fourth-order valence-electron chi connectivity index (χ4n) is 1.63. The van der Waals surface area contributed by atoms with Gasteiger partial charge in [0.25, 0.3) is 0 Å². The molecule has 0 amide bonds. The van der Waals surface area contributed by atoms with Crippen molar-refractivity contribution in [1.29, 1.82) is 0 Å². The van der Waals surface area contributed by atoms with Gasteiger partial charge in [-0.1, -0.05) is 0 Å². The first kappa shape index (κ1) is 9.65. The van der Waals surface area contributed by atoms with E-state index in [2.05, 4.69) is 44.6 Å². The lowest BCUT2D eigenvalue weighted by Crippen LogP contribution is -2.10. The van der Waals surface area contributed by atoms with Crippen LogP contribution in [0.3, 0.4) is 0 Å². The molecule has 0 spiro atoms. The van der Waals surface area contributed by atoms with E-state index in [1.165, 1.54) is 5.56 Å². The monoisotopic (exact) mass is 350 g/mol. The van der Waals surface area contributed by atoms with Crippen LogP contribution in [0.2, 0.25) is 0 Å². The van der Waals surface area contributed by atoms with Gasteiger partial charge in [-0.05, 0) is 69.1 Å². The Hall–Kier alpha value is 0.1000. The molecule has 3 heteroatoms. The molecule has 1 aromatic rings. The van der Waals surface area contributed by atoms with Crippen LogP contribution < -0.4 is 0 Å². The summed E-state index contributed by atoms with van der Waals surface area (Å²) < 4.78 is 2.22. The highest BCUT2D eigenvalue weighted by atomic mass is 127. The molecule has 0 atom stereocenters. The van der Waals surface area contributed by atoms with Crippen LogP contribution in [-0.2, 0) is 6.42 Å². The number of carbonyl (C=O) groups excluding carboxylic acids is 1. The molecule has 0 unspecified atom stereocenters. The molecular weight excluding hydrogens is 343 g/mol. The third-order valence-electron chi connectivity index (χ3n) is 2.30. The molecule has 0 heterocycles. The molecule has 13 heavy (non-hydrogen) atoms. The molecule has 1 aliphatic carbocycles. The molecule has 1 nitrogen and oxygen atoms in total. The minimum atomic E-state index is 0.298. The second-order valence-corrected chi connectivity index (χ2v) is 5.22. The minimum Gasteiger partial charge on any atom is -0.294 e. The van der Waals surface area contributed by atoms with Crippen LogP contribution in [0.1, 0.15) is 28.8 Å². The first-order chi connectivity index (χ1) is 6.18. The standard InChI is InChI=1S/C10H8BrIO/c11-8-4-6-2-1-3-10(13)7(6)5-9(8)12/h4-5H,1-3H2. The van der Waals surface area contributed by atoms with Crippen molar-refractivity contribution >= 4 is 44.3 Å². The van der Waals surface area contributed by atoms with Gasteiger partial charge in [-0.25, -0.2) is 0 Å². The first-order valence-electron chi connectivity index (χ1n) is 4.19. The summed E-state index contributed by atoms with van der Waals surface area (Å²) in [6.07, 6.45) is 2.75. The molecule has 0 saturated heterocycles. The molecule has 2 rings (SSSR count). The van der Waals surface area contributed by atoms with Crippen LogP contribution in [0.25, 0.3) is 0 Å². The lowest BCUT2D eigenvalue weighted by molar-refractivity contribution is 0.0972. The molecule has 0 bridgehead atoms. The number of fused-ring (bicyclic) bond motifs is 1. The average molecular weight is 351 g/mol. The van der Waals surface area contributed by atoms with Crippen LogP contribution in [0.15, 0.2) is 16.6 Å². The topological polar surface area (TPSA) is 17.1 Å². The largest absolute Gasteiger partial charge is 0.294 e. The van der Waals surface area contributed by atoms with Gasteiger partial charge in [0.2, 0.25) is 0 Å². The normalized spacial score (nSPS) is 15.7. The zero-order valence-corrected chi connectivity index (χ0v) is 10.7. The van der Waals surface area contributed by atoms with Gasteiger partial charge in [-0.15, -0.1) is 0 Å². The van der Waals surface area contributed by atoms with Crippen molar-refractivity contribution in [1.82, 2.24) is 0 Å². The molecule has 0 radical (unpaired) electrons. The van der Waals surface area contributed by atoms with Gasteiger partial charge >= 0.3 is 0 Å². The zero-order valence-electron chi connectivity index (χ0n) is 6.94. The number of carbonyl (C=O) groups is 1. The number of ketones is 1. The number of benzene rings is 1. The van der Waals surface area contributed by atoms with Crippen molar-refractivity contribution in [3.8, 4) is 0 Å². The van der Waals surface area contributed by atoms with Crippen LogP contribution in [0, 0.1) is 3.57 Å². The van der Waals surface area contributed by atoms with Gasteiger partial charge in [0.05, 0.1) is 0 Å². The van der Waals surface area contributed by atoms with Crippen molar-refractivity contribution in [2.24, 2.45) is 0 Å². The number of Topliss-reactive ketones (excluding diaryl/α,β-unsaturated/α-hetero) is 1. The van der Waals surface area contributed by atoms with E-state index in [1.807, 2.05) is 6.07 Å². The average Bonchev–Trinajstić information content (AvgIpc) is 2.09. The molecule has 1 aromatic carbocycles. The maximum atomic E-state index is 11.5. The highest BCUT2D eigenvalue weighted by Crippen LogP contribution is 2.28. The van der Waals surface area contributed by atoms with E-state index >= 15 is 0 Å². The smallest absolute Gasteiger partial charge is 0.163 e. The van der Waals surface area contributed by atoms with Gasteiger partial charge in [-0.2, -0.15) is 0 Å². The lowest BCUT2D eigenvalue weighted by Gasteiger charge is -2.15. The molecule has 0 aliphatic heterocycles. The fourth-order valence-corrected chi connectivity index (χ4v) is 2.49. The first-order valence-corrected chi connectivity index (χ1v) is 6.07. The third-order valence-corrected chi connectivity index (χ3v) is 4.59. The van der Waals surface area contributed by atoms with Crippen molar-refractivity contribution < 1.29 is 4.79 Å². The fraction of sp³-hybridized carbons (Fsp3) is 0.300. The molecule has 0 saturated carbocycles. The zero-order chi connectivity index (χ0) is 9.42. The molecule has 0 aromatic heterocycles. The van der Waals surface area contributed by atoms with Gasteiger partial charge in [0, 0.05) is 20.0 Å². The van der Waals surface area contributed by atoms with Crippen LogP contribution >= 0.6 is 38.5 Å². The molecule has 68 valence electrons. The highest BCUT2D eigenvalue weighted by molar-refractivity contribution is 14.1. The maximum Gasteiger partial charge on any atom is 0.163 e. The van der Waals surface area contributed by atoms with Crippen LogP contribution in [0.4, 0.5) is 0 Å². The summed E-state index contributed by atoms with van der Waals surface area (Å²) in [7, 11) is 0. The summed E-state index contributed by atoms with van der Waals surface area (Å²) in [4.78, 5) is 11.5. The number of aryl methyl sites for hydroxylation is 1. The Morgan fingerprint density at radius 2 is 2.08 bits per heavy atom. The summed E-state index contributed by atoms with van der Waals surface area (Å²) in [6, 6.07) is 4.07. The Balaban J connectivity index is 2.58. The second-order valence-electron chi connectivity index (χ2n) is 3.20. The SMILES string of the molecule is O=C1CCCc2cc(Br)c(I)cc21. The van der Waals surface area contributed by atoms with Crippen molar-refractivity contribution in [3.05, 3.63) is 31.3 Å². The Morgan fingerprint density at radius 3 is 2.85 bits per heavy atom. The van der Waals surface area contributed by atoms with E-state index in [9.17, 15) is 4.79 Å². The van der Waals surface area contributed by atoms with E-state index < -0.39 is 0 Å². The maximum absolute atomic E-state index is 11.5. The van der Waals surface area contributed by atoms with E-state index in [0.717, 1.165) is 26.4 Å². The Bertz CT molecular complexity index is 373. The quantitative estimate of drug-likeness (QED) is 0.654. The van der Waals surface area contributed by atoms with Crippen molar-refractivity contribution in [3.63, 3.8) is 0 Å². The lowest BCUT2D eigenvalue weighted by atomic mass is 9.91. The summed E-state index contributed by atoms with van der Waals surface area (Å²) in [5, 5.41) is 0. The van der Waals surface area contributed by atoms with Crippen LogP contribution in [0.5, 0.6) is 0 Å². The summed E-state index contributed by atoms with van der Waals surface area (Å²) in [5.41, 5.74) is 2.13. The third kappa shape index (κ3) is 1.81. The molecule has 1 aliphatic rings. The summed E-state index contributed by atoms with van der Waals surface area (Å²) in [6.45, 7) is 0. The van der Waals surface area contributed by atoms with Crippen molar-refractivity contribution in [2.75, 3.05) is 0 Å². The summed E-state index contributed by atoms with van der Waals surface area (Å²) in [5.74, 6) is 0.298. The van der Waals surface area contributed by atoms with E-state index in [1.54, 1.807) is 0 Å². The number of rotatable bonds is 0. The van der Waals surface area contributed by atoms with Crippen molar-refractivity contribution in [2.45, 2.75) is 19.3 Å². The molecule has 0 N–H and O–H groups in total. The highest BCUT2D eigenvalue weighted by Gasteiger charge is 2.18. The van der Waals surface area contributed by atoms with Gasteiger partial charge < -0.3 is 0 Å². The van der Waals surface area contributed by atoms with E-state index in [4.69, 9.17) is 0 Å². The van der Waals surface area contributed by atoms with E-state index in [-0.39, 0.29) is 0 Å².